The van der Waals surface area contributed by atoms with Gasteiger partial charge in [-0.25, -0.2) is 4.52 Å². The molecule has 0 radical (unpaired) electrons. The van der Waals surface area contributed by atoms with E-state index in [1.54, 1.807) is 16.5 Å². The highest BCUT2D eigenvalue weighted by molar-refractivity contribution is 9.10. The molecule has 1 unspecified atom stereocenters. The molecule has 0 bridgehead atoms. The van der Waals surface area contributed by atoms with Crippen molar-refractivity contribution in [2.75, 3.05) is 18.9 Å². The van der Waals surface area contributed by atoms with Crippen molar-refractivity contribution in [3.63, 3.8) is 0 Å². The molecule has 1 fully saturated rings. The summed E-state index contributed by atoms with van der Waals surface area (Å²) in [4.78, 5) is 17.9. The van der Waals surface area contributed by atoms with Crippen LogP contribution in [0.5, 0.6) is 0 Å². The van der Waals surface area contributed by atoms with Gasteiger partial charge >= 0.3 is 0 Å². The van der Waals surface area contributed by atoms with Crippen LogP contribution in [0, 0.1) is 0 Å². The third-order valence-electron chi connectivity index (χ3n) is 3.05. The first-order valence-corrected chi connectivity index (χ1v) is 6.47. The van der Waals surface area contributed by atoms with Crippen LogP contribution in [0.4, 0.5) is 5.95 Å². The third kappa shape index (κ3) is 1.84. The van der Waals surface area contributed by atoms with Crippen LogP contribution in [0.2, 0.25) is 0 Å². The quantitative estimate of drug-likeness (QED) is 0.903. The van der Waals surface area contributed by atoms with E-state index in [0.717, 1.165) is 23.1 Å². The smallest absolute Gasteiger partial charge is 0.244 e. The molecule has 6 nitrogen and oxygen atoms in total. The summed E-state index contributed by atoms with van der Waals surface area (Å²) < 4.78 is 2.55. The number of fused-ring (bicyclic) bond motifs is 1. The van der Waals surface area contributed by atoms with E-state index in [2.05, 4.69) is 31.3 Å². The number of anilines is 1. The third-order valence-corrected chi connectivity index (χ3v) is 3.66. The molecule has 1 saturated heterocycles. The van der Waals surface area contributed by atoms with Gasteiger partial charge in [0.25, 0.3) is 0 Å². The number of aromatic nitrogens is 3. The van der Waals surface area contributed by atoms with Gasteiger partial charge in [0.1, 0.15) is 6.04 Å². The Morgan fingerprint density at radius 1 is 1.56 bits per heavy atom. The highest BCUT2D eigenvalue weighted by atomic mass is 79.9. The minimum atomic E-state index is -0.216. The van der Waals surface area contributed by atoms with Gasteiger partial charge in [0.15, 0.2) is 5.65 Å². The van der Waals surface area contributed by atoms with Crippen LogP contribution in [0.1, 0.15) is 6.42 Å². The highest BCUT2D eigenvalue weighted by Gasteiger charge is 2.29. The second-order valence-corrected chi connectivity index (χ2v) is 5.16. The number of carbonyl (C=O) groups is 1. The molecule has 1 aliphatic rings. The van der Waals surface area contributed by atoms with E-state index in [9.17, 15) is 4.79 Å². The number of hydrogen-bond acceptors (Lipinski definition) is 4. The topological polar surface area (TPSA) is 62.5 Å². The Labute approximate surface area is 112 Å². The summed E-state index contributed by atoms with van der Waals surface area (Å²) >= 11 is 3.42. The molecule has 1 amide bonds. The van der Waals surface area contributed by atoms with Gasteiger partial charge in [0.2, 0.25) is 11.9 Å². The van der Waals surface area contributed by atoms with Crippen LogP contribution in [-0.4, -0.2) is 45.0 Å². The van der Waals surface area contributed by atoms with E-state index in [4.69, 9.17) is 0 Å². The Bertz CT molecular complexity index is 610. The van der Waals surface area contributed by atoms with Gasteiger partial charge in [-0.1, -0.05) is 0 Å². The largest absolute Gasteiger partial charge is 0.344 e. The van der Waals surface area contributed by atoms with Gasteiger partial charge in [0.05, 0.1) is 4.47 Å². The number of rotatable bonds is 2. The zero-order valence-corrected chi connectivity index (χ0v) is 11.4. The summed E-state index contributed by atoms with van der Waals surface area (Å²) in [6.45, 7) is 0.771. The van der Waals surface area contributed by atoms with E-state index in [0.29, 0.717) is 5.95 Å². The molecule has 0 aromatic carbocycles. The Morgan fingerprint density at radius 2 is 2.39 bits per heavy atom. The normalized spacial score (nSPS) is 19.8. The number of nitrogens with one attached hydrogen (secondary N) is 1. The van der Waals surface area contributed by atoms with Crippen LogP contribution in [0.3, 0.4) is 0 Å². The lowest BCUT2D eigenvalue weighted by atomic mass is 10.2. The molecule has 18 heavy (non-hydrogen) atoms. The molecule has 3 heterocycles. The molecule has 0 aliphatic carbocycles. The summed E-state index contributed by atoms with van der Waals surface area (Å²) in [5.74, 6) is 0.573. The maximum absolute atomic E-state index is 11.8. The van der Waals surface area contributed by atoms with Crippen molar-refractivity contribution in [2.45, 2.75) is 12.5 Å². The van der Waals surface area contributed by atoms with Gasteiger partial charge in [-0.2, -0.15) is 4.98 Å². The summed E-state index contributed by atoms with van der Waals surface area (Å²) in [7, 11) is 1.80. The molecular formula is C11H12BrN5O. The first kappa shape index (κ1) is 11.5. The number of hydrogen-bond donors (Lipinski definition) is 1. The second-order valence-electron chi connectivity index (χ2n) is 4.31. The van der Waals surface area contributed by atoms with Crippen molar-refractivity contribution in [3.05, 3.63) is 22.8 Å². The Kier molecular flexibility index (Phi) is 2.70. The standard InChI is InChI=1S/C11H12BrN5O/c1-16-6-4-8(10(16)18)13-11-14-9-7(12)3-2-5-17(9)15-11/h2-3,5,8H,4,6H2,1H3,(H,13,15). The van der Waals surface area contributed by atoms with Crippen molar-refractivity contribution >= 4 is 33.4 Å². The van der Waals surface area contributed by atoms with Crippen LogP contribution in [0.15, 0.2) is 22.8 Å². The lowest BCUT2D eigenvalue weighted by Crippen LogP contribution is -2.31. The van der Waals surface area contributed by atoms with E-state index >= 15 is 0 Å². The van der Waals surface area contributed by atoms with Gasteiger partial charge < -0.3 is 10.2 Å². The number of likely N-dealkylation sites (tertiary alicyclic amines) is 1. The maximum Gasteiger partial charge on any atom is 0.244 e. The molecule has 2 aromatic rings. The predicted octanol–water partition coefficient (Wildman–Crippen LogP) is 1.13. The van der Waals surface area contributed by atoms with Crippen molar-refractivity contribution in [1.82, 2.24) is 19.5 Å². The monoisotopic (exact) mass is 309 g/mol. The van der Waals surface area contributed by atoms with E-state index < -0.39 is 0 Å². The number of nitrogens with zero attached hydrogens (tertiary/aromatic N) is 4. The van der Waals surface area contributed by atoms with Crippen LogP contribution < -0.4 is 5.32 Å². The Balaban J connectivity index is 1.87. The van der Waals surface area contributed by atoms with Gasteiger partial charge in [-0.05, 0) is 34.5 Å². The molecule has 1 atom stereocenters. The maximum atomic E-state index is 11.8. The minimum absolute atomic E-state index is 0.0907. The number of halogens is 1. The average Bonchev–Trinajstić information content (AvgIpc) is 2.89. The van der Waals surface area contributed by atoms with Crippen molar-refractivity contribution < 1.29 is 4.79 Å². The second kappa shape index (κ2) is 4.24. The molecule has 0 saturated carbocycles. The fourth-order valence-corrected chi connectivity index (χ4v) is 2.47. The lowest BCUT2D eigenvalue weighted by Gasteiger charge is -2.10. The Hall–Kier alpha value is -1.63. The Morgan fingerprint density at radius 3 is 3.06 bits per heavy atom. The fraction of sp³-hybridized carbons (Fsp3) is 0.364. The molecule has 0 spiro atoms. The lowest BCUT2D eigenvalue weighted by molar-refractivity contribution is -0.127. The van der Waals surface area contributed by atoms with Crippen molar-refractivity contribution in [3.8, 4) is 0 Å². The number of pyridine rings is 1. The van der Waals surface area contributed by atoms with Crippen molar-refractivity contribution in [2.24, 2.45) is 0 Å². The number of amides is 1. The van der Waals surface area contributed by atoms with Crippen LogP contribution in [0.25, 0.3) is 5.65 Å². The van der Waals surface area contributed by atoms with E-state index in [-0.39, 0.29) is 11.9 Å². The summed E-state index contributed by atoms with van der Waals surface area (Å²) in [6, 6.07) is 3.57. The van der Waals surface area contributed by atoms with Crippen LogP contribution in [-0.2, 0) is 4.79 Å². The summed E-state index contributed by atoms with van der Waals surface area (Å²) in [6.07, 6.45) is 2.60. The number of carbonyl (C=O) groups excluding carboxylic acids is 1. The number of likely N-dealkylation sites (N-methyl/N-ethyl adjacent to an activating group) is 1. The van der Waals surface area contributed by atoms with E-state index in [1.165, 1.54) is 0 Å². The molecule has 2 aromatic heterocycles. The minimum Gasteiger partial charge on any atom is -0.344 e. The van der Waals surface area contributed by atoms with Gasteiger partial charge in [-0.15, -0.1) is 5.10 Å². The SMILES string of the molecule is CN1CCC(Nc2nc3c(Br)cccn3n2)C1=O. The van der Waals surface area contributed by atoms with Gasteiger partial charge in [-0.3, -0.25) is 4.79 Å². The predicted molar refractivity (Wildman–Crippen MR) is 70.4 cm³/mol. The summed E-state index contributed by atoms with van der Waals surface area (Å²) in [5.41, 5.74) is 0.735. The molecular weight excluding hydrogens is 298 g/mol. The molecule has 1 N–H and O–H groups in total. The van der Waals surface area contributed by atoms with Crippen molar-refractivity contribution in [1.29, 1.82) is 0 Å². The molecule has 3 rings (SSSR count). The highest BCUT2D eigenvalue weighted by Crippen LogP contribution is 2.18. The molecule has 7 heteroatoms. The zero-order valence-electron chi connectivity index (χ0n) is 9.80. The fourth-order valence-electron chi connectivity index (χ4n) is 2.05. The molecule has 1 aliphatic heterocycles. The van der Waals surface area contributed by atoms with Crippen LogP contribution >= 0.6 is 15.9 Å². The summed E-state index contributed by atoms with van der Waals surface area (Å²) in [5, 5.41) is 7.37. The zero-order chi connectivity index (χ0) is 12.7. The first-order valence-electron chi connectivity index (χ1n) is 5.67. The first-order chi connectivity index (χ1) is 8.65. The average molecular weight is 310 g/mol. The van der Waals surface area contributed by atoms with Gasteiger partial charge in [0, 0.05) is 19.8 Å². The van der Waals surface area contributed by atoms with E-state index in [1.807, 2.05) is 18.3 Å². The molecule has 94 valence electrons.